The summed E-state index contributed by atoms with van der Waals surface area (Å²) in [4.78, 5) is 19.7. The smallest absolute Gasteiger partial charge is 0.231 e. The maximum atomic E-state index is 10.2. The highest BCUT2D eigenvalue weighted by atomic mass is 79.9. The molecular formula is C4H7BrN2O2. The number of carbonyl (C=O) groups excluding carboxylic acids is 2. The van der Waals surface area contributed by atoms with E-state index >= 15 is 0 Å². The molecule has 0 aliphatic carbocycles. The molecule has 0 radical (unpaired) electrons. The number of rotatable bonds is 3. The first-order valence-corrected chi connectivity index (χ1v) is 3.17. The van der Waals surface area contributed by atoms with Crippen molar-refractivity contribution < 1.29 is 9.59 Å². The Morgan fingerprint density at radius 3 is 2.00 bits per heavy atom. The Kier molecular flexibility index (Phi) is 3.22. The number of alkyl halides is 1. The fraction of sp³-hybridized carbons (Fsp3) is 0.500. The molecule has 1 atom stereocenters. The molecule has 0 spiro atoms. The lowest BCUT2D eigenvalue weighted by atomic mass is 10.3. The summed E-state index contributed by atoms with van der Waals surface area (Å²) < 4.78 is 0. The second-order valence-corrected chi connectivity index (χ2v) is 2.65. The van der Waals surface area contributed by atoms with E-state index in [9.17, 15) is 9.59 Å². The van der Waals surface area contributed by atoms with Crippen molar-refractivity contribution in [2.75, 3.05) is 0 Å². The van der Waals surface area contributed by atoms with Crippen molar-refractivity contribution in [3.05, 3.63) is 0 Å². The Morgan fingerprint density at radius 1 is 1.44 bits per heavy atom. The van der Waals surface area contributed by atoms with Crippen LogP contribution in [-0.4, -0.2) is 16.6 Å². The van der Waals surface area contributed by atoms with Gasteiger partial charge < -0.3 is 11.5 Å². The molecule has 0 heterocycles. The summed E-state index contributed by atoms with van der Waals surface area (Å²) in [6, 6.07) is 0. The number of primary amides is 2. The average molecular weight is 195 g/mol. The van der Waals surface area contributed by atoms with Crippen LogP contribution in [0.25, 0.3) is 0 Å². The standard InChI is InChI=1S/C4H7BrN2O2/c5-2(4(7)9)1-3(6)8/h2H,1H2,(H2,6,8)(H2,7,9)/t2-/m1/s1. The molecule has 9 heavy (non-hydrogen) atoms. The summed E-state index contributed by atoms with van der Waals surface area (Å²) in [5.41, 5.74) is 9.55. The first-order valence-electron chi connectivity index (χ1n) is 2.25. The van der Waals surface area contributed by atoms with Gasteiger partial charge in [0, 0.05) is 6.42 Å². The molecule has 0 aromatic heterocycles. The second-order valence-electron chi connectivity index (χ2n) is 1.54. The van der Waals surface area contributed by atoms with Crippen LogP contribution in [0.5, 0.6) is 0 Å². The first kappa shape index (κ1) is 8.42. The molecule has 0 aromatic rings. The Balaban J connectivity index is 3.63. The molecule has 0 saturated heterocycles. The van der Waals surface area contributed by atoms with Crippen molar-refractivity contribution >= 4 is 27.7 Å². The molecule has 0 rings (SSSR count). The van der Waals surface area contributed by atoms with E-state index in [1.54, 1.807) is 0 Å². The van der Waals surface area contributed by atoms with Crippen LogP contribution in [0.1, 0.15) is 6.42 Å². The van der Waals surface area contributed by atoms with Crippen molar-refractivity contribution in [3.8, 4) is 0 Å². The molecular weight excluding hydrogens is 188 g/mol. The molecule has 0 aliphatic rings. The summed E-state index contributed by atoms with van der Waals surface area (Å²) in [6.07, 6.45) is -0.0463. The number of hydrogen-bond donors (Lipinski definition) is 2. The largest absolute Gasteiger partial charge is 0.370 e. The Morgan fingerprint density at radius 2 is 1.89 bits per heavy atom. The number of carbonyl (C=O) groups is 2. The SMILES string of the molecule is NC(=O)C[C@@H](Br)C(N)=O. The maximum Gasteiger partial charge on any atom is 0.231 e. The summed E-state index contributed by atoms with van der Waals surface area (Å²) in [5.74, 6) is -1.12. The number of nitrogens with two attached hydrogens (primary N) is 2. The van der Waals surface area contributed by atoms with Crippen molar-refractivity contribution in [1.29, 1.82) is 0 Å². The minimum absolute atomic E-state index is 0.0463. The van der Waals surface area contributed by atoms with E-state index in [-0.39, 0.29) is 6.42 Å². The highest BCUT2D eigenvalue weighted by Crippen LogP contribution is 2.01. The van der Waals surface area contributed by atoms with E-state index < -0.39 is 16.6 Å². The van der Waals surface area contributed by atoms with Gasteiger partial charge in [-0.05, 0) is 0 Å². The predicted octanol–water partition coefficient (Wildman–Crippen LogP) is -0.889. The van der Waals surface area contributed by atoms with Crippen molar-refractivity contribution in [3.63, 3.8) is 0 Å². The number of halogens is 1. The quantitative estimate of drug-likeness (QED) is 0.572. The normalized spacial score (nSPS) is 12.6. The molecule has 2 amide bonds. The first-order chi connectivity index (χ1) is 4.04. The number of hydrogen-bond acceptors (Lipinski definition) is 2. The van der Waals surface area contributed by atoms with Crippen molar-refractivity contribution in [2.45, 2.75) is 11.2 Å². The predicted molar refractivity (Wildman–Crippen MR) is 35.7 cm³/mol. The number of amides is 2. The summed E-state index contributed by atoms with van der Waals surface area (Å²) in [6.45, 7) is 0. The van der Waals surface area contributed by atoms with Gasteiger partial charge in [-0.15, -0.1) is 0 Å². The lowest BCUT2D eigenvalue weighted by Crippen LogP contribution is -2.28. The fourth-order valence-corrected chi connectivity index (χ4v) is 0.596. The van der Waals surface area contributed by atoms with Gasteiger partial charge in [0.05, 0.1) is 0 Å². The maximum absolute atomic E-state index is 10.2. The minimum atomic E-state index is -0.630. The monoisotopic (exact) mass is 194 g/mol. The zero-order valence-corrected chi connectivity index (χ0v) is 6.22. The third-order valence-corrected chi connectivity index (χ3v) is 1.46. The van der Waals surface area contributed by atoms with Crippen LogP contribution >= 0.6 is 15.9 Å². The van der Waals surface area contributed by atoms with Crippen molar-refractivity contribution in [2.24, 2.45) is 11.5 Å². The lowest BCUT2D eigenvalue weighted by molar-refractivity contribution is -0.122. The van der Waals surface area contributed by atoms with E-state index in [2.05, 4.69) is 15.9 Å². The highest BCUT2D eigenvalue weighted by molar-refractivity contribution is 9.10. The zero-order valence-electron chi connectivity index (χ0n) is 4.63. The molecule has 0 saturated carbocycles. The zero-order chi connectivity index (χ0) is 7.44. The van der Waals surface area contributed by atoms with Crippen LogP contribution in [0, 0.1) is 0 Å². The van der Waals surface area contributed by atoms with Gasteiger partial charge in [-0.1, -0.05) is 15.9 Å². The van der Waals surface area contributed by atoms with Crippen molar-refractivity contribution in [1.82, 2.24) is 0 Å². The Bertz CT molecular complexity index is 137. The van der Waals surface area contributed by atoms with Crippen LogP contribution in [0.2, 0.25) is 0 Å². The van der Waals surface area contributed by atoms with Crippen LogP contribution < -0.4 is 11.5 Å². The van der Waals surface area contributed by atoms with Gasteiger partial charge in [-0.3, -0.25) is 9.59 Å². The van der Waals surface area contributed by atoms with Crippen LogP contribution in [0.3, 0.4) is 0 Å². The lowest BCUT2D eigenvalue weighted by Gasteiger charge is -1.98. The second kappa shape index (κ2) is 3.45. The molecule has 52 valence electrons. The van der Waals surface area contributed by atoms with Gasteiger partial charge in [0.25, 0.3) is 0 Å². The molecule has 0 bridgehead atoms. The van der Waals surface area contributed by atoms with Gasteiger partial charge in [0.1, 0.15) is 4.83 Å². The van der Waals surface area contributed by atoms with Crippen LogP contribution in [-0.2, 0) is 9.59 Å². The third-order valence-electron chi connectivity index (χ3n) is 0.689. The molecule has 0 fully saturated rings. The Hall–Kier alpha value is -0.580. The average Bonchev–Trinajstić information content (AvgIpc) is 1.63. The summed E-state index contributed by atoms with van der Waals surface area (Å²) >= 11 is 2.87. The van der Waals surface area contributed by atoms with E-state index in [0.717, 1.165) is 0 Å². The van der Waals surface area contributed by atoms with E-state index in [0.29, 0.717) is 0 Å². The molecule has 4 N–H and O–H groups in total. The molecule has 4 nitrogen and oxygen atoms in total. The molecule has 0 aromatic carbocycles. The van der Waals surface area contributed by atoms with E-state index in [1.165, 1.54) is 0 Å². The van der Waals surface area contributed by atoms with Gasteiger partial charge in [-0.25, -0.2) is 0 Å². The van der Waals surface area contributed by atoms with E-state index in [4.69, 9.17) is 11.5 Å². The minimum Gasteiger partial charge on any atom is -0.370 e. The van der Waals surface area contributed by atoms with Gasteiger partial charge in [0.15, 0.2) is 0 Å². The Labute approximate surface area is 60.7 Å². The topological polar surface area (TPSA) is 86.2 Å². The summed E-state index contributed by atoms with van der Waals surface area (Å²) in [7, 11) is 0. The van der Waals surface area contributed by atoms with E-state index in [1.807, 2.05) is 0 Å². The molecule has 5 heteroatoms. The molecule has 0 unspecified atom stereocenters. The van der Waals surface area contributed by atoms with Crippen LogP contribution in [0.15, 0.2) is 0 Å². The highest BCUT2D eigenvalue weighted by Gasteiger charge is 2.12. The fourth-order valence-electron chi connectivity index (χ4n) is 0.277. The van der Waals surface area contributed by atoms with Gasteiger partial charge >= 0.3 is 0 Å². The van der Waals surface area contributed by atoms with Crippen LogP contribution in [0.4, 0.5) is 0 Å². The summed E-state index contributed by atoms with van der Waals surface area (Å²) in [5, 5.41) is 0. The molecule has 0 aliphatic heterocycles. The third kappa shape index (κ3) is 3.96. The van der Waals surface area contributed by atoms with Gasteiger partial charge in [-0.2, -0.15) is 0 Å². The van der Waals surface area contributed by atoms with Gasteiger partial charge in [0.2, 0.25) is 11.8 Å².